The largest absolute Gasteiger partial charge is 0.494 e. The molecule has 1 saturated heterocycles. The third kappa shape index (κ3) is 4.29. The maximum absolute atomic E-state index is 12.4. The Morgan fingerprint density at radius 2 is 2.00 bits per heavy atom. The molecule has 1 aliphatic heterocycles. The molecule has 24 heavy (non-hydrogen) atoms. The van der Waals surface area contributed by atoms with Crippen LogP contribution < -0.4 is 10.1 Å². The van der Waals surface area contributed by atoms with E-state index >= 15 is 0 Å². The minimum atomic E-state index is -0.492. The van der Waals surface area contributed by atoms with Gasteiger partial charge in [0.25, 0.3) is 11.8 Å². The number of carbonyl (C=O) groups excluding carboxylic acids is 2. The maximum atomic E-state index is 12.4. The first-order valence-electron chi connectivity index (χ1n) is 7.79. The summed E-state index contributed by atoms with van der Waals surface area (Å²) < 4.78 is 5.59. The molecule has 2 rings (SSSR count). The van der Waals surface area contributed by atoms with Gasteiger partial charge in [0.15, 0.2) is 5.11 Å². The molecule has 1 aliphatic rings. The Morgan fingerprint density at radius 1 is 1.29 bits per heavy atom. The predicted octanol–water partition coefficient (Wildman–Crippen LogP) is 2.68. The Hall–Kier alpha value is -2.47. The third-order valence-corrected chi connectivity index (χ3v) is 3.78. The van der Waals surface area contributed by atoms with Gasteiger partial charge in [0.1, 0.15) is 11.3 Å². The van der Waals surface area contributed by atoms with E-state index in [2.05, 4.69) is 18.8 Å². The van der Waals surface area contributed by atoms with Gasteiger partial charge >= 0.3 is 0 Å². The predicted molar refractivity (Wildman–Crippen MR) is 97.5 cm³/mol. The van der Waals surface area contributed by atoms with Crippen molar-refractivity contribution < 1.29 is 14.3 Å². The summed E-state index contributed by atoms with van der Waals surface area (Å²) in [5.41, 5.74) is 0.785. The molecule has 6 heteroatoms. The fourth-order valence-electron chi connectivity index (χ4n) is 2.15. The lowest BCUT2D eigenvalue weighted by Gasteiger charge is -2.27. The quantitative estimate of drug-likeness (QED) is 0.272. The topological polar surface area (TPSA) is 58.6 Å². The Kier molecular flexibility index (Phi) is 6.26. The van der Waals surface area contributed by atoms with Gasteiger partial charge in [-0.15, -0.1) is 6.58 Å². The Morgan fingerprint density at radius 3 is 2.62 bits per heavy atom. The van der Waals surface area contributed by atoms with E-state index in [4.69, 9.17) is 17.0 Å². The minimum Gasteiger partial charge on any atom is -0.494 e. The number of rotatable bonds is 7. The van der Waals surface area contributed by atoms with E-state index in [1.54, 1.807) is 24.3 Å². The lowest BCUT2D eigenvalue weighted by molar-refractivity contribution is -0.128. The Bertz CT molecular complexity index is 680. The zero-order valence-corrected chi connectivity index (χ0v) is 14.4. The van der Waals surface area contributed by atoms with Crippen LogP contribution in [0, 0.1) is 0 Å². The average molecular weight is 344 g/mol. The van der Waals surface area contributed by atoms with E-state index in [1.165, 1.54) is 4.90 Å². The number of ether oxygens (including phenoxy) is 1. The fraction of sp³-hybridized carbons (Fsp3) is 0.278. The molecule has 1 N–H and O–H groups in total. The van der Waals surface area contributed by atoms with Gasteiger partial charge in [-0.25, -0.2) is 0 Å². The van der Waals surface area contributed by atoms with Crippen molar-refractivity contribution in [1.29, 1.82) is 0 Å². The minimum absolute atomic E-state index is 0.0464. The molecule has 0 aliphatic carbocycles. The summed E-state index contributed by atoms with van der Waals surface area (Å²) in [6.07, 6.45) is 5.18. The molecule has 0 radical (unpaired) electrons. The number of carbonyl (C=O) groups is 2. The van der Waals surface area contributed by atoms with Crippen LogP contribution in [0.5, 0.6) is 5.75 Å². The van der Waals surface area contributed by atoms with Crippen molar-refractivity contribution >= 4 is 35.2 Å². The van der Waals surface area contributed by atoms with Crippen LogP contribution in [-0.4, -0.2) is 35.0 Å². The van der Waals surface area contributed by atoms with Crippen LogP contribution in [-0.2, 0) is 9.59 Å². The summed E-state index contributed by atoms with van der Waals surface area (Å²) in [6, 6.07) is 7.25. The molecular weight excluding hydrogens is 324 g/mol. The summed E-state index contributed by atoms with van der Waals surface area (Å²) in [4.78, 5) is 25.8. The SMILES string of the molecule is C=CCN1C(=O)C(=Cc2ccc(OCCCC)cc2)C(=O)NC1=S. The Balaban J connectivity index is 2.16. The zero-order valence-electron chi connectivity index (χ0n) is 13.6. The van der Waals surface area contributed by atoms with Crippen molar-refractivity contribution in [2.45, 2.75) is 19.8 Å². The van der Waals surface area contributed by atoms with Crippen molar-refractivity contribution in [1.82, 2.24) is 10.2 Å². The van der Waals surface area contributed by atoms with Gasteiger partial charge in [-0.2, -0.15) is 0 Å². The van der Waals surface area contributed by atoms with E-state index < -0.39 is 11.8 Å². The maximum Gasteiger partial charge on any atom is 0.265 e. The number of benzene rings is 1. The van der Waals surface area contributed by atoms with Gasteiger partial charge in [0.2, 0.25) is 0 Å². The van der Waals surface area contributed by atoms with E-state index in [0.29, 0.717) is 6.61 Å². The van der Waals surface area contributed by atoms with Crippen LogP contribution in [0.2, 0.25) is 0 Å². The molecule has 0 bridgehead atoms. The first-order chi connectivity index (χ1) is 11.6. The second-order valence-corrected chi connectivity index (χ2v) is 5.68. The van der Waals surface area contributed by atoms with Gasteiger partial charge in [0.05, 0.1) is 6.61 Å². The molecule has 126 valence electrons. The number of thiocarbonyl (C=S) groups is 1. The van der Waals surface area contributed by atoms with Crippen molar-refractivity contribution in [2.75, 3.05) is 13.2 Å². The molecule has 1 aromatic carbocycles. The average Bonchev–Trinajstić information content (AvgIpc) is 2.57. The highest BCUT2D eigenvalue weighted by Crippen LogP contribution is 2.18. The van der Waals surface area contributed by atoms with E-state index in [1.807, 2.05) is 12.1 Å². The second kappa shape index (κ2) is 8.40. The van der Waals surface area contributed by atoms with Crippen LogP contribution in [0.15, 0.2) is 42.5 Å². The standard InChI is InChI=1S/C18H20N2O3S/c1-3-5-11-23-14-8-6-13(7-9-14)12-15-16(21)19-18(24)20(10-4-2)17(15)22/h4,6-9,12H,2-3,5,10-11H2,1H3,(H,19,21,24). The van der Waals surface area contributed by atoms with Gasteiger partial charge in [-0.3, -0.25) is 19.8 Å². The molecule has 1 heterocycles. The number of hydrogen-bond donors (Lipinski definition) is 1. The van der Waals surface area contributed by atoms with Gasteiger partial charge in [-0.1, -0.05) is 31.6 Å². The van der Waals surface area contributed by atoms with Gasteiger partial charge in [0, 0.05) is 6.54 Å². The first-order valence-corrected chi connectivity index (χ1v) is 8.20. The number of hydrogen-bond acceptors (Lipinski definition) is 4. The molecule has 5 nitrogen and oxygen atoms in total. The van der Waals surface area contributed by atoms with Crippen LogP contribution >= 0.6 is 12.2 Å². The molecule has 1 fully saturated rings. The van der Waals surface area contributed by atoms with Gasteiger partial charge in [-0.05, 0) is 42.4 Å². The van der Waals surface area contributed by atoms with Crippen LogP contribution in [0.1, 0.15) is 25.3 Å². The molecule has 1 aromatic rings. The molecule has 0 saturated carbocycles. The first kappa shape index (κ1) is 17.9. The van der Waals surface area contributed by atoms with E-state index in [-0.39, 0.29) is 17.2 Å². The molecule has 2 amide bonds. The second-order valence-electron chi connectivity index (χ2n) is 5.29. The van der Waals surface area contributed by atoms with Crippen molar-refractivity contribution in [2.24, 2.45) is 0 Å². The third-order valence-electron chi connectivity index (χ3n) is 3.46. The van der Waals surface area contributed by atoms with Crippen molar-refractivity contribution in [3.63, 3.8) is 0 Å². The Labute approximate surface area is 147 Å². The van der Waals surface area contributed by atoms with Crippen LogP contribution in [0.3, 0.4) is 0 Å². The molecule has 0 aromatic heterocycles. The monoisotopic (exact) mass is 344 g/mol. The highest BCUT2D eigenvalue weighted by atomic mass is 32.1. The molecule has 0 unspecified atom stereocenters. The summed E-state index contributed by atoms with van der Waals surface area (Å²) in [5.74, 6) is -0.153. The highest BCUT2D eigenvalue weighted by molar-refractivity contribution is 7.80. The fourth-order valence-corrected chi connectivity index (χ4v) is 2.40. The lowest BCUT2D eigenvalue weighted by atomic mass is 10.1. The van der Waals surface area contributed by atoms with Gasteiger partial charge < -0.3 is 4.74 Å². The molecule has 0 spiro atoms. The van der Waals surface area contributed by atoms with Crippen LogP contribution in [0.25, 0.3) is 6.08 Å². The molecular formula is C18H20N2O3S. The number of nitrogens with one attached hydrogen (secondary N) is 1. The summed E-state index contributed by atoms with van der Waals surface area (Å²) in [5, 5.41) is 2.62. The summed E-state index contributed by atoms with van der Waals surface area (Å²) >= 11 is 5.01. The van der Waals surface area contributed by atoms with E-state index in [0.717, 1.165) is 24.2 Å². The number of amides is 2. The summed E-state index contributed by atoms with van der Waals surface area (Å²) in [6.45, 7) is 6.62. The molecule has 0 atom stereocenters. The summed E-state index contributed by atoms with van der Waals surface area (Å²) in [7, 11) is 0. The number of nitrogens with zero attached hydrogens (tertiary/aromatic N) is 1. The zero-order chi connectivity index (χ0) is 17.5. The normalized spacial score (nSPS) is 16.3. The lowest BCUT2D eigenvalue weighted by Crippen LogP contribution is -2.53. The smallest absolute Gasteiger partial charge is 0.265 e. The highest BCUT2D eigenvalue weighted by Gasteiger charge is 2.32. The van der Waals surface area contributed by atoms with Crippen molar-refractivity contribution in [3.05, 3.63) is 48.1 Å². The van der Waals surface area contributed by atoms with Crippen molar-refractivity contribution in [3.8, 4) is 5.75 Å². The van der Waals surface area contributed by atoms with E-state index in [9.17, 15) is 9.59 Å². The van der Waals surface area contributed by atoms with Crippen LogP contribution in [0.4, 0.5) is 0 Å². The number of unbranched alkanes of at least 4 members (excludes halogenated alkanes) is 1.